The second-order valence-electron chi connectivity index (χ2n) is 8.44. The number of amides is 1. The Morgan fingerprint density at radius 2 is 2.03 bits per heavy atom. The lowest BCUT2D eigenvalue weighted by atomic mass is 10.1. The molecule has 32 heavy (non-hydrogen) atoms. The molecule has 9 heteroatoms. The lowest BCUT2D eigenvalue weighted by Gasteiger charge is -2.34. The molecule has 1 aliphatic heterocycles. The molecule has 1 saturated heterocycles. The van der Waals surface area contributed by atoms with Crippen LogP contribution in [0.3, 0.4) is 0 Å². The highest BCUT2D eigenvalue weighted by molar-refractivity contribution is 7.13. The Bertz CT molecular complexity index is 1080. The molecule has 0 N–H and O–H groups in total. The normalized spacial score (nSPS) is 17.1. The number of methoxy groups -OCH3 is 1. The Labute approximate surface area is 191 Å². The van der Waals surface area contributed by atoms with Crippen molar-refractivity contribution in [3.05, 3.63) is 46.7 Å². The SMILES string of the molecule is COCCN1CCN(C(=O)c2cnn(-c3ncc(C)c(-c4cccs4)n3)c2C2CC2)CC1. The number of carbonyl (C=O) groups excluding carboxylic acids is 1. The van der Waals surface area contributed by atoms with E-state index in [1.165, 1.54) is 0 Å². The van der Waals surface area contributed by atoms with Crippen LogP contribution in [0.2, 0.25) is 0 Å². The summed E-state index contributed by atoms with van der Waals surface area (Å²) in [5, 5.41) is 6.64. The van der Waals surface area contributed by atoms with Gasteiger partial charge in [-0.15, -0.1) is 11.3 Å². The lowest BCUT2D eigenvalue weighted by molar-refractivity contribution is 0.0593. The highest BCUT2D eigenvalue weighted by Gasteiger charge is 2.35. The van der Waals surface area contributed by atoms with Crippen molar-refractivity contribution < 1.29 is 9.53 Å². The van der Waals surface area contributed by atoms with Crippen LogP contribution in [-0.4, -0.2) is 81.9 Å². The van der Waals surface area contributed by atoms with Crippen molar-refractivity contribution in [3.63, 3.8) is 0 Å². The van der Waals surface area contributed by atoms with Crippen molar-refractivity contribution in [1.29, 1.82) is 0 Å². The van der Waals surface area contributed by atoms with Crippen molar-refractivity contribution in [2.75, 3.05) is 46.4 Å². The van der Waals surface area contributed by atoms with Crippen LogP contribution < -0.4 is 0 Å². The van der Waals surface area contributed by atoms with Crippen LogP contribution >= 0.6 is 11.3 Å². The Kier molecular flexibility index (Phi) is 6.03. The number of carbonyl (C=O) groups is 1. The Balaban J connectivity index is 1.41. The number of hydrogen-bond donors (Lipinski definition) is 0. The molecule has 0 spiro atoms. The number of thiophene rings is 1. The Hall–Kier alpha value is -2.62. The molecular weight excluding hydrogens is 424 g/mol. The zero-order valence-corrected chi connectivity index (χ0v) is 19.3. The van der Waals surface area contributed by atoms with E-state index < -0.39 is 0 Å². The van der Waals surface area contributed by atoms with Crippen LogP contribution in [0.4, 0.5) is 0 Å². The van der Waals surface area contributed by atoms with Gasteiger partial charge in [0.1, 0.15) is 0 Å². The van der Waals surface area contributed by atoms with Crippen LogP contribution in [0.15, 0.2) is 29.9 Å². The van der Waals surface area contributed by atoms with E-state index in [2.05, 4.69) is 21.0 Å². The molecule has 2 aliphatic rings. The van der Waals surface area contributed by atoms with Gasteiger partial charge in [-0.3, -0.25) is 9.69 Å². The Morgan fingerprint density at radius 3 is 2.72 bits per heavy atom. The summed E-state index contributed by atoms with van der Waals surface area (Å²) in [6.45, 7) is 6.83. The first-order valence-corrected chi connectivity index (χ1v) is 12.0. The summed E-state index contributed by atoms with van der Waals surface area (Å²) in [7, 11) is 1.72. The minimum Gasteiger partial charge on any atom is -0.383 e. The molecular formula is C23H28N6O2S. The molecule has 0 bridgehead atoms. The van der Waals surface area contributed by atoms with Gasteiger partial charge in [-0.05, 0) is 36.8 Å². The molecule has 168 valence electrons. The minimum atomic E-state index is 0.0649. The van der Waals surface area contributed by atoms with E-state index in [4.69, 9.17) is 9.72 Å². The van der Waals surface area contributed by atoms with Gasteiger partial charge < -0.3 is 9.64 Å². The van der Waals surface area contributed by atoms with E-state index in [-0.39, 0.29) is 5.91 Å². The van der Waals surface area contributed by atoms with Gasteiger partial charge in [0, 0.05) is 51.9 Å². The average molecular weight is 453 g/mol. The summed E-state index contributed by atoms with van der Waals surface area (Å²) in [6.07, 6.45) is 5.69. The highest BCUT2D eigenvalue weighted by atomic mass is 32.1. The number of nitrogens with zero attached hydrogens (tertiary/aromatic N) is 6. The first kappa shape index (κ1) is 21.2. The van der Waals surface area contributed by atoms with E-state index in [1.54, 1.807) is 29.3 Å². The van der Waals surface area contributed by atoms with Crippen LogP contribution in [0.25, 0.3) is 16.5 Å². The second-order valence-corrected chi connectivity index (χ2v) is 9.38. The minimum absolute atomic E-state index is 0.0649. The van der Waals surface area contributed by atoms with Gasteiger partial charge in [0.25, 0.3) is 11.9 Å². The lowest BCUT2D eigenvalue weighted by Crippen LogP contribution is -2.49. The predicted molar refractivity (Wildman–Crippen MR) is 123 cm³/mol. The molecule has 0 aromatic carbocycles. The number of piperazine rings is 1. The van der Waals surface area contributed by atoms with Crippen molar-refractivity contribution >= 4 is 17.2 Å². The Morgan fingerprint density at radius 1 is 1.22 bits per heavy atom. The summed E-state index contributed by atoms with van der Waals surface area (Å²) in [4.78, 5) is 28.2. The number of hydrogen-bond acceptors (Lipinski definition) is 7. The quantitative estimate of drug-likeness (QED) is 0.549. The third-order valence-electron chi connectivity index (χ3n) is 6.18. The molecule has 0 atom stereocenters. The topological polar surface area (TPSA) is 76.4 Å². The summed E-state index contributed by atoms with van der Waals surface area (Å²) >= 11 is 1.66. The van der Waals surface area contributed by atoms with Gasteiger partial charge in [0.05, 0.1) is 34.6 Å². The maximum absolute atomic E-state index is 13.4. The second kappa shape index (κ2) is 9.09. The fourth-order valence-corrected chi connectivity index (χ4v) is 4.97. The van der Waals surface area contributed by atoms with Crippen LogP contribution in [0.5, 0.6) is 0 Å². The molecule has 0 unspecified atom stereocenters. The van der Waals surface area contributed by atoms with E-state index in [9.17, 15) is 4.79 Å². The summed E-state index contributed by atoms with van der Waals surface area (Å²) < 4.78 is 6.96. The van der Waals surface area contributed by atoms with Gasteiger partial charge >= 0.3 is 0 Å². The van der Waals surface area contributed by atoms with Gasteiger partial charge in [-0.2, -0.15) is 5.10 Å². The number of rotatable bonds is 7. The third kappa shape index (κ3) is 4.20. The van der Waals surface area contributed by atoms with Crippen LogP contribution in [-0.2, 0) is 4.74 Å². The third-order valence-corrected chi connectivity index (χ3v) is 7.05. The smallest absolute Gasteiger partial charge is 0.257 e. The molecule has 4 heterocycles. The molecule has 3 aromatic rings. The van der Waals surface area contributed by atoms with Crippen LogP contribution in [0, 0.1) is 6.92 Å². The monoisotopic (exact) mass is 452 g/mol. The van der Waals surface area contributed by atoms with Crippen molar-refractivity contribution in [3.8, 4) is 16.5 Å². The van der Waals surface area contributed by atoms with E-state index in [0.717, 1.165) is 74.0 Å². The van der Waals surface area contributed by atoms with Crippen molar-refractivity contribution in [1.82, 2.24) is 29.5 Å². The number of aromatic nitrogens is 4. The zero-order valence-electron chi connectivity index (χ0n) is 18.5. The van der Waals surface area contributed by atoms with E-state index >= 15 is 0 Å². The fourth-order valence-electron chi connectivity index (χ4n) is 4.19. The summed E-state index contributed by atoms with van der Waals surface area (Å²) in [5.74, 6) is 0.939. The maximum atomic E-state index is 13.4. The van der Waals surface area contributed by atoms with Gasteiger partial charge in [-0.25, -0.2) is 14.6 Å². The molecule has 1 amide bonds. The molecule has 3 aromatic heterocycles. The summed E-state index contributed by atoms with van der Waals surface area (Å²) in [6, 6.07) is 4.09. The molecule has 0 radical (unpaired) electrons. The predicted octanol–water partition coefficient (Wildman–Crippen LogP) is 2.98. The van der Waals surface area contributed by atoms with Crippen molar-refractivity contribution in [2.45, 2.75) is 25.7 Å². The van der Waals surface area contributed by atoms with Gasteiger partial charge in [0.2, 0.25) is 0 Å². The highest BCUT2D eigenvalue weighted by Crippen LogP contribution is 2.42. The number of ether oxygens (including phenoxy) is 1. The molecule has 1 saturated carbocycles. The largest absolute Gasteiger partial charge is 0.383 e. The first-order chi connectivity index (χ1) is 15.7. The maximum Gasteiger partial charge on any atom is 0.257 e. The summed E-state index contributed by atoms with van der Waals surface area (Å²) in [5.41, 5.74) is 3.60. The average Bonchev–Trinajstić information content (AvgIpc) is 3.33. The van der Waals surface area contributed by atoms with E-state index in [0.29, 0.717) is 17.4 Å². The first-order valence-electron chi connectivity index (χ1n) is 11.1. The van der Waals surface area contributed by atoms with Gasteiger partial charge in [-0.1, -0.05) is 6.07 Å². The molecule has 2 fully saturated rings. The zero-order chi connectivity index (χ0) is 22.1. The molecule has 1 aliphatic carbocycles. The van der Waals surface area contributed by atoms with Crippen LogP contribution in [0.1, 0.15) is 40.4 Å². The standard InChI is InChI=1S/C23H28N6O2S/c1-16-14-24-23(26-20(16)19-4-3-13-32-19)29-21(17-5-6-17)18(15-25-29)22(30)28-9-7-27(8-10-28)11-12-31-2/h3-4,13-15,17H,5-12H2,1-2H3. The van der Waals surface area contributed by atoms with E-state index in [1.807, 2.05) is 29.5 Å². The van der Waals surface area contributed by atoms with Gasteiger partial charge in [0.15, 0.2) is 0 Å². The van der Waals surface area contributed by atoms with Crippen molar-refractivity contribution in [2.24, 2.45) is 0 Å². The fraction of sp³-hybridized carbons (Fsp3) is 0.478. The molecule has 8 nitrogen and oxygen atoms in total. The number of aryl methyl sites for hydroxylation is 1. The molecule has 5 rings (SSSR count).